The van der Waals surface area contributed by atoms with Gasteiger partial charge in [0.25, 0.3) is 0 Å². The van der Waals surface area contributed by atoms with Crippen molar-refractivity contribution in [2.45, 2.75) is 18.2 Å². The summed E-state index contributed by atoms with van der Waals surface area (Å²) >= 11 is 1.19. The Kier molecular flexibility index (Phi) is 5.30. The molecule has 0 radical (unpaired) electrons. The van der Waals surface area contributed by atoms with E-state index in [0.717, 1.165) is 5.56 Å². The molecule has 0 unspecified atom stereocenters. The number of hydrogen-bond acceptors (Lipinski definition) is 7. The lowest BCUT2D eigenvalue weighted by atomic mass is 10.1. The van der Waals surface area contributed by atoms with E-state index in [9.17, 15) is 9.59 Å². The molecular weight excluding hydrogens is 394 g/mol. The van der Waals surface area contributed by atoms with Gasteiger partial charge in [0.15, 0.2) is 16.7 Å². The predicted molar refractivity (Wildman–Crippen MR) is 108 cm³/mol. The van der Waals surface area contributed by atoms with Crippen molar-refractivity contribution in [1.82, 2.24) is 4.90 Å². The van der Waals surface area contributed by atoms with Gasteiger partial charge in [-0.2, -0.15) is 0 Å². The van der Waals surface area contributed by atoms with Crippen LogP contribution < -0.4 is 19.9 Å². The van der Waals surface area contributed by atoms with Crippen molar-refractivity contribution in [3.05, 3.63) is 48.0 Å². The number of primary amides is 1. The first kappa shape index (κ1) is 19.1. The van der Waals surface area contributed by atoms with Crippen molar-refractivity contribution in [1.29, 1.82) is 0 Å². The van der Waals surface area contributed by atoms with Crippen molar-refractivity contribution in [3.63, 3.8) is 0 Å². The molecule has 0 saturated carbocycles. The molecule has 1 atom stereocenters. The van der Waals surface area contributed by atoms with Crippen molar-refractivity contribution < 1.29 is 23.8 Å². The monoisotopic (exact) mass is 413 g/mol. The van der Waals surface area contributed by atoms with E-state index in [-0.39, 0.29) is 19.1 Å². The molecule has 1 saturated heterocycles. The molecular formula is C20H19N3O5S. The highest BCUT2D eigenvalue weighted by atomic mass is 32.2. The molecule has 29 heavy (non-hydrogen) atoms. The van der Waals surface area contributed by atoms with Gasteiger partial charge in [-0.3, -0.25) is 14.5 Å². The first-order valence-corrected chi connectivity index (χ1v) is 9.79. The van der Waals surface area contributed by atoms with Crippen LogP contribution >= 0.6 is 11.8 Å². The number of thioether (sulfide) groups is 1. The molecule has 0 aliphatic carbocycles. The van der Waals surface area contributed by atoms with Crippen LogP contribution in [0.15, 0.2) is 47.5 Å². The number of ether oxygens (including phenoxy) is 3. The van der Waals surface area contributed by atoms with Crippen molar-refractivity contribution in [3.8, 4) is 17.2 Å². The summed E-state index contributed by atoms with van der Waals surface area (Å²) in [7, 11) is 1.58. The van der Waals surface area contributed by atoms with Gasteiger partial charge in [-0.25, -0.2) is 4.99 Å². The fourth-order valence-electron chi connectivity index (χ4n) is 3.00. The number of aliphatic imine (C=N–C) groups is 1. The highest BCUT2D eigenvalue weighted by molar-refractivity contribution is 8.15. The molecule has 2 aromatic rings. The molecule has 2 aromatic carbocycles. The van der Waals surface area contributed by atoms with Gasteiger partial charge in [0.05, 0.1) is 24.6 Å². The summed E-state index contributed by atoms with van der Waals surface area (Å²) in [6, 6.07) is 12.6. The molecule has 0 aromatic heterocycles. The number of amides is 2. The smallest absolute Gasteiger partial charge is 0.231 e. The molecule has 2 N–H and O–H groups in total. The summed E-state index contributed by atoms with van der Waals surface area (Å²) < 4.78 is 15.9. The van der Waals surface area contributed by atoms with Crippen LogP contribution in [0.1, 0.15) is 12.0 Å². The zero-order valence-corrected chi connectivity index (χ0v) is 16.5. The van der Waals surface area contributed by atoms with Crippen molar-refractivity contribution >= 4 is 34.4 Å². The Morgan fingerprint density at radius 1 is 1.24 bits per heavy atom. The van der Waals surface area contributed by atoms with E-state index in [1.165, 1.54) is 11.8 Å². The normalized spacial score (nSPS) is 19.5. The molecule has 2 aliphatic rings. The lowest BCUT2D eigenvalue weighted by molar-refractivity contribution is -0.130. The Labute approximate surface area is 171 Å². The minimum atomic E-state index is -0.646. The zero-order chi connectivity index (χ0) is 20.4. The molecule has 1 fully saturated rings. The van der Waals surface area contributed by atoms with E-state index in [0.29, 0.717) is 34.6 Å². The van der Waals surface area contributed by atoms with Crippen LogP contribution in [-0.2, 0) is 16.1 Å². The number of rotatable bonds is 5. The SMILES string of the molecule is COc1ccc(N=C2S[C@H](C(N)=O)CC(=O)N2Cc2ccc3c(c2)OCO3)cc1. The van der Waals surface area contributed by atoms with E-state index >= 15 is 0 Å². The number of nitrogens with zero attached hydrogens (tertiary/aromatic N) is 2. The van der Waals surface area contributed by atoms with Crippen LogP contribution in [0.2, 0.25) is 0 Å². The minimum absolute atomic E-state index is 0.0339. The zero-order valence-electron chi connectivity index (χ0n) is 15.7. The number of hydrogen-bond donors (Lipinski definition) is 1. The van der Waals surface area contributed by atoms with Gasteiger partial charge < -0.3 is 19.9 Å². The number of fused-ring (bicyclic) bond motifs is 1. The van der Waals surface area contributed by atoms with Gasteiger partial charge in [-0.1, -0.05) is 17.8 Å². The lowest BCUT2D eigenvalue weighted by Crippen LogP contribution is -2.45. The second-order valence-corrected chi connectivity index (χ2v) is 7.64. The number of carbonyl (C=O) groups excluding carboxylic acids is 2. The Morgan fingerprint density at radius 2 is 2.00 bits per heavy atom. The van der Waals surface area contributed by atoms with Crippen LogP contribution in [0, 0.1) is 0 Å². The summed E-state index contributed by atoms with van der Waals surface area (Å²) in [6.45, 7) is 0.477. The minimum Gasteiger partial charge on any atom is -0.497 e. The fraction of sp³-hybridized carbons (Fsp3) is 0.250. The van der Waals surface area contributed by atoms with Crippen LogP contribution in [0.25, 0.3) is 0 Å². The molecule has 8 nitrogen and oxygen atoms in total. The Bertz CT molecular complexity index is 977. The summed E-state index contributed by atoms with van der Waals surface area (Å²) in [5.74, 6) is 1.27. The Morgan fingerprint density at radius 3 is 2.72 bits per heavy atom. The van der Waals surface area contributed by atoms with Gasteiger partial charge in [0, 0.05) is 6.42 Å². The molecule has 0 spiro atoms. The first-order valence-electron chi connectivity index (χ1n) is 8.91. The quantitative estimate of drug-likeness (QED) is 0.808. The average Bonchev–Trinajstić information content (AvgIpc) is 3.18. The van der Waals surface area contributed by atoms with Crippen LogP contribution in [0.3, 0.4) is 0 Å². The lowest BCUT2D eigenvalue weighted by Gasteiger charge is -2.31. The second-order valence-electron chi connectivity index (χ2n) is 6.47. The number of benzene rings is 2. The van der Waals surface area contributed by atoms with Crippen LogP contribution in [0.4, 0.5) is 5.69 Å². The number of carbonyl (C=O) groups is 2. The second kappa shape index (κ2) is 8.04. The topological polar surface area (TPSA) is 103 Å². The molecule has 2 heterocycles. The molecule has 2 amide bonds. The van der Waals surface area contributed by atoms with Crippen LogP contribution in [-0.4, -0.2) is 41.0 Å². The van der Waals surface area contributed by atoms with Gasteiger partial charge in [-0.15, -0.1) is 0 Å². The summed E-state index contributed by atoms with van der Waals surface area (Å²) in [5, 5.41) is -0.222. The summed E-state index contributed by atoms with van der Waals surface area (Å²) in [6.07, 6.45) is 0.0339. The van der Waals surface area contributed by atoms with Crippen molar-refractivity contribution in [2.75, 3.05) is 13.9 Å². The van der Waals surface area contributed by atoms with E-state index < -0.39 is 11.2 Å². The van der Waals surface area contributed by atoms with Gasteiger partial charge in [0.1, 0.15) is 5.75 Å². The molecule has 2 aliphatic heterocycles. The third-order valence-corrected chi connectivity index (χ3v) is 5.74. The maximum Gasteiger partial charge on any atom is 0.231 e. The fourth-order valence-corrected chi connectivity index (χ4v) is 4.05. The number of methoxy groups -OCH3 is 1. The maximum absolute atomic E-state index is 12.8. The Balaban J connectivity index is 1.63. The standard InChI is InChI=1S/C20H19N3O5S/c1-26-14-5-3-13(4-6-14)22-20-23(18(24)9-17(29-20)19(21)25)10-12-2-7-15-16(8-12)28-11-27-15/h2-8,17H,9-11H2,1H3,(H2,21,25)/t17-/m0/s1. The Hall–Kier alpha value is -3.20. The molecule has 4 rings (SSSR count). The predicted octanol–water partition coefficient (Wildman–Crippen LogP) is 2.43. The molecule has 150 valence electrons. The van der Waals surface area contributed by atoms with Gasteiger partial charge in [0.2, 0.25) is 18.6 Å². The third kappa shape index (κ3) is 4.14. The van der Waals surface area contributed by atoms with E-state index in [4.69, 9.17) is 19.9 Å². The third-order valence-electron chi connectivity index (χ3n) is 4.53. The largest absolute Gasteiger partial charge is 0.497 e. The van der Waals surface area contributed by atoms with E-state index in [1.807, 2.05) is 18.2 Å². The van der Waals surface area contributed by atoms with Gasteiger partial charge >= 0.3 is 0 Å². The number of amidine groups is 1. The number of nitrogens with two attached hydrogens (primary N) is 1. The molecule has 0 bridgehead atoms. The summed E-state index contributed by atoms with van der Waals surface area (Å²) in [5.41, 5.74) is 6.95. The highest BCUT2D eigenvalue weighted by Gasteiger charge is 2.35. The van der Waals surface area contributed by atoms with Crippen LogP contribution in [0.5, 0.6) is 17.2 Å². The first-order chi connectivity index (χ1) is 14.0. The van der Waals surface area contributed by atoms with Gasteiger partial charge in [-0.05, 0) is 42.0 Å². The summed E-state index contributed by atoms with van der Waals surface area (Å²) in [4.78, 5) is 30.7. The molecule has 9 heteroatoms. The van der Waals surface area contributed by atoms with E-state index in [2.05, 4.69) is 4.99 Å². The maximum atomic E-state index is 12.8. The van der Waals surface area contributed by atoms with E-state index in [1.54, 1.807) is 36.3 Å². The average molecular weight is 413 g/mol. The van der Waals surface area contributed by atoms with Crippen molar-refractivity contribution in [2.24, 2.45) is 10.7 Å². The highest BCUT2D eigenvalue weighted by Crippen LogP contribution is 2.35.